The number of aromatic nitrogens is 1. The molecule has 104 valence electrons. The zero-order chi connectivity index (χ0) is 14.7. The molecule has 2 rings (SSSR count). The highest BCUT2D eigenvalue weighted by atomic mass is 32.2. The first-order chi connectivity index (χ1) is 9.47. The molecule has 0 aliphatic carbocycles. The van der Waals surface area contributed by atoms with Crippen LogP contribution < -0.4 is 0 Å². The summed E-state index contributed by atoms with van der Waals surface area (Å²) >= 11 is 2.29. The number of thioether (sulfide) groups is 1. The molecule has 0 spiro atoms. The van der Waals surface area contributed by atoms with Crippen LogP contribution in [0.3, 0.4) is 0 Å². The number of carbonyl (C=O) groups is 1. The minimum absolute atomic E-state index is 0.115. The number of carboxylic acid groups (broad SMARTS) is 1. The van der Waals surface area contributed by atoms with E-state index in [-0.39, 0.29) is 5.75 Å². The lowest BCUT2D eigenvalue weighted by atomic mass is 10.1. The SMILES string of the molecule is O=C(O)CSc1nc(-c2ccc(F)c([N+](=O)[O-])c2)cs1. The van der Waals surface area contributed by atoms with Crippen LogP contribution in [0.15, 0.2) is 27.9 Å². The van der Waals surface area contributed by atoms with Gasteiger partial charge in [0, 0.05) is 17.0 Å². The molecular weight excluding hydrogens is 307 g/mol. The van der Waals surface area contributed by atoms with Crippen molar-refractivity contribution in [2.75, 3.05) is 5.75 Å². The normalized spacial score (nSPS) is 10.4. The molecular formula is C11H7FN2O4S2. The monoisotopic (exact) mass is 314 g/mol. The van der Waals surface area contributed by atoms with Gasteiger partial charge in [-0.15, -0.1) is 11.3 Å². The summed E-state index contributed by atoms with van der Waals surface area (Å²) in [6, 6.07) is 3.51. The molecule has 0 atom stereocenters. The van der Waals surface area contributed by atoms with Gasteiger partial charge in [0.25, 0.3) is 0 Å². The second-order valence-corrected chi connectivity index (χ2v) is 5.68. The maximum atomic E-state index is 13.2. The van der Waals surface area contributed by atoms with Crippen LogP contribution in [0.25, 0.3) is 11.3 Å². The number of rotatable bonds is 5. The third kappa shape index (κ3) is 3.31. The van der Waals surface area contributed by atoms with Gasteiger partial charge < -0.3 is 5.11 Å². The Hall–Kier alpha value is -2.00. The molecule has 2 aromatic rings. The molecule has 0 unspecified atom stereocenters. The van der Waals surface area contributed by atoms with Crippen molar-refractivity contribution in [3.8, 4) is 11.3 Å². The average molecular weight is 314 g/mol. The van der Waals surface area contributed by atoms with Crippen molar-refractivity contribution in [2.45, 2.75) is 4.34 Å². The minimum atomic E-state index is -0.954. The lowest BCUT2D eigenvalue weighted by Gasteiger charge is -1.98. The van der Waals surface area contributed by atoms with Gasteiger partial charge >= 0.3 is 11.7 Å². The van der Waals surface area contributed by atoms with Crippen LogP contribution in [0.5, 0.6) is 0 Å². The van der Waals surface area contributed by atoms with Crippen LogP contribution >= 0.6 is 23.1 Å². The summed E-state index contributed by atoms with van der Waals surface area (Å²) in [7, 11) is 0. The van der Waals surface area contributed by atoms with Crippen LogP contribution in [0, 0.1) is 15.9 Å². The van der Waals surface area contributed by atoms with E-state index in [0.717, 1.165) is 23.9 Å². The Morgan fingerprint density at radius 3 is 2.95 bits per heavy atom. The molecule has 1 aromatic carbocycles. The number of nitrogens with zero attached hydrogens (tertiary/aromatic N) is 2. The van der Waals surface area contributed by atoms with Gasteiger partial charge in [-0.1, -0.05) is 11.8 Å². The van der Waals surface area contributed by atoms with Crippen LogP contribution in [-0.4, -0.2) is 26.7 Å². The summed E-state index contributed by atoms with van der Waals surface area (Å²) in [5.41, 5.74) is 0.248. The van der Waals surface area contributed by atoms with E-state index in [4.69, 9.17) is 5.11 Å². The Kier molecular flexibility index (Phi) is 4.30. The Bertz CT molecular complexity index is 674. The highest BCUT2D eigenvalue weighted by Crippen LogP contribution is 2.30. The summed E-state index contributed by atoms with van der Waals surface area (Å²) in [4.78, 5) is 24.5. The van der Waals surface area contributed by atoms with Gasteiger partial charge in [-0.3, -0.25) is 14.9 Å². The molecule has 0 fully saturated rings. The fraction of sp³-hybridized carbons (Fsp3) is 0.0909. The van der Waals surface area contributed by atoms with Crippen LogP contribution in [0.4, 0.5) is 10.1 Å². The number of thiazole rings is 1. The van der Waals surface area contributed by atoms with Crippen molar-refractivity contribution in [3.05, 3.63) is 39.5 Å². The van der Waals surface area contributed by atoms with E-state index < -0.39 is 22.4 Å². The van der Waals surface area contributed by atoms with Gasteiger partial charge in [0.05, 0.1) is 16.4 Å². The van der Waals surface area contributed by atoms with E-state index >= 15 is 0 Å². The largest absolute Gasteiger partial charge is 0.481 e. The first-order valence-corrected chi connectivity index (χ1v) is 7.08. The molecule has 1 N–H and O–H groups in total. The Labute approximate surface area is 120 Å². The summed E-state index contributed by atoms with van der Waals surface area (Å²) in [6.45, 7) is 0. The number of benzene rings is 1. The van der Waals surface area contributed by atoms with E-state index in [0.29, 0.717) is 15.6 Å². The summed E-state index contributed by atoms with van der Waals surface area (Å²) < 4.78 is 13.8. The molecule has 0 saturated heterocycles. The third-order valence-electron chi connectivity index (χ3n) is 2.24. The number of carboxylic acids is 1. The highest BCUT2D eigenvalue weighted by molar-refractivity contribution is 8.01. The number of nitro benzene ring substituents is 1. The smallest absolute Gasteiger partial charge is 0.313 e. The van der Waals surface area contributed by atoms with E-state index in [1.54, 1.807) is 5.38 Å². The molecule has 9 heteroatoms. The number of hydrogen-bond donors (Lipinski definition) is 1. The van der Waals surface area contributed by atoms with Crippen molar-refractivity contribution in [3.63, 3.8) is 0 Å². The van der Waals surface area contributed by atoms with Gasteiger partial charge in [0.2, 0.25) is 5.82 Å². The van der Waals surface area contributed by atoms with Gasteiger partial charge in [-0.25, -0.2) is 4.98 Å². The van der Waals surface area contributed by atoms with E-state index in [2.05, 4.69) is 4.98 Å². The van der Waals surface area contributed by atoms with Crippen molar-refractivity contribution in [2.24, 2.45) is 0 Å². The molecule has 0 amide bonds. The summed E-state index contributed by atoms with van der Waals surface area (Å²) in [6.07, 6.45) is 0. The number of hydrogen-bond acceptors (Lipinski definition) is 6. The van der Waals surface area contributed by atoms with E-state index in [1.165, 1.54) is 17.4 Å². The number of halogens is 1. The minimum Gasteiger partial charge on any atom is -0.481 e. The fourth-order valence-corrected chi connectivity index (χ4v) is 2.95. The maximum absolute atomic E-state index is 13.2. The van der Waals surface area contributed by atoms with Crippen molar-refractivity contribution in [1.82, 2.24) is 4.98 Å². The maximum Gasteiger partial charge on any atom is 0.313 e. The molecule has 0 aliphatic rings. The second kappa shape index (κ2) is 5.97. The van der Waals surface area contributed by atoms with Gasteiger partial charge in [0.15, 0.2) is 4.34 Å². The Balaban J connectivity index is 2.26. The predicted octanol–water partition coefficient (Wildman–Crippen LogP) is 3.03. The molecule has 0 saturated carbocycles. The van der Waals surface area contributed by atoms with E-state index in [9.17, 15) is 19.3 Å². The standard InChI is InChI=1S/C11H7FN2O4S2/c12-7-2-1-6(3-9(7)14(17)18)8-4-19-11(13-8)20-5-10(15)16/h1-4H,5H2,(H,15,16). The Morgan fingerprint density at radius 1 is 1.55 bits per heavy atom. The van der Waals surface area contributed by atoms with Gasteiger partial charge in [0.1, 0.15) is 0 Å². The number of nitro groups is 1. The van der Waals surface area contributed by atoms with Crippen molar-refractivity contribution >= 4 is 34.8 Å². The molecule has 6 nitrogen and oxygen atoms in total. The first-order valence-electron chi connectivity index (χ1n) is 5.22. The van der Waals surface area contributed by atoms with Crippen LogP contribution in [0.2, 0.25) is 0 Å². The topological polar surface area (TPSA) is 93.3 Å². The predicted molar refractivity (Wildman–Crippen MR) is 72.5 cm³/mol. The quantitative estimate of drug-likeness (QED) is 0.518. The molecule has 1 aromatic heterocycles. The number of aliphatic carboxylic acids is 1. The third-order valence-corrected chi connectivity index (χ3v) is 4.25. The zero-order valence-electron chi connectivity index (χ0n) is 9.78. The van der Waals surface area contributed by atoms with Gasteiger partial charge in [-0.05, 0) is 12.1 Å². The average Bonchev–Trinajstić information content (AvgIpc) is 2.85. The molecule has 0 aliphatic heterocycles. The van der Waals surface area contributed by atoms with Crippen molar-refractivity contribution < 1.29 is 19.2 Å². The summed E-state index contributed by atoms with van der Waals surface area (Å²) in [5, 5.41) is 20.9. The van der Waals surface area contributed by atoms with E-state index in [1.807, 2.05) is 0 Å². The fourth-order valence-electron chi connectivity index (χ4n) is 1.39. The molecule has 1 heterocycles. The first kappa shape index (κ1) is 14.4. The molecule has 0 radical (unpaired) electrons. The van der Waals surface area contributed by atoms with Crippen LogP contribution in [0.1, 0.15) is 0 Å². The highest BCUT2D eigenvalue weighted by Gasteiger charge is 2.16. The second-order valence-electron chi connectivity index (χ2n) is 3.60. The lowest BCUT2D eigenvalue weighted by Crippen LogP contribution is -1.97. The molecule has 0 bridgehead atoms. The van der Waals surface area contributed by atoms with Crippen LogP contribution in [-0.2, 0) is 4.79 Å². The lowest BCUT2D eigenvalue weighted by molar-refractivity contribution is -0.387. The van der Waals surface area contributed by atoms with Gasteiger partial charge in [-0.2, -0.15) is 4.39 Å². The summed E-state index contributed by atoms with van der Waals surface area (Å²) in [5.74, 6) is -1.98. The zero-order valence-corrected chi connectivity index (χ0v) is 11.4. The Morgan fingerprint density at radius 2 is 2.30 bits per heavy atom. The molecule has 20 heavy (non-hydrogen) atoms. The van der Waals surface area contributed by atoms with Crippen molar-refractivity contribution in [1.29, 1.82) is 0 Å².